The van der Waals surface area contributed by atoms with Gasteiger partial charge in [0.1, 0.15) is 0 Å². The Hall–Kier alpha value is -1.59. The van der Waals surface area contributed by atoms with E-state index in [1.54, 1.807) is 0 Å². The maximum Gasteiger partial charge on any atom is 0.227 e. The normalized spacial score (nSPS) is 16.6. The zero-order valence-corrected chi connectivity index (χ0v) is 12.9. The van der Waals surface area contributed by atoms with E-state index in [0.717, 1.165) is 11.3 Å². The molecule has 0 radical (unpaired) electrons. The quantitative estimate of drug-likeness (QED) is 0.869. The second kappa shape index (κ2) is 7.43. The Labute approximate surface area is 126 Å². The lowest BCUT2D eigenvalue weighted by Crippen LogP contribution is -2.45. The smallest absolute Gasteiger partial charge is 0.227 e. The SMILES string of the molecule is CN(C)c1ccc(CC(CN)C(=O)N2CCOCC2)cc1. The van der Waals surface area contributed by atoms with Crippen molar-refractivity contribution in [2.75, 3.05) is 51.8 Å². The molecule has 0 bridgehead atoms. The first-order chi connectivity index (χ1) is 10.1. The van der Waals surface area contributed by atoms with Gasteiger partial charge in [0.2, 0.25) is 5.91 Å². The molecule has 1 atom stereocenters. The van der Waals surface area contributed by atoms with Crippen molar-refractivity contribution in [3.8, 4) is 0 Å². The van der Waals surface area contributed by atoms with Crippen LogP contribution in [0.15, 0.2) is 24.3 Å². The molecule has 2 N–H and O–H groups in total. The van der Waals surface area contributed by atoms with Gasteiger partial charge in [-0.15, -0.1) is 0 Å². The van der Waals surface area contributed by atoms with Crippen LogP contribution in [0.4, 0.5) is 5.69 Å². The summed E-state index contributed by atoms with van der Waals surface area (Å²) in [5.74, 6) is 0.00536. The zero-order chi connectivity index (χ0) is 15.2. The Morgan fingerprint density at radius 3 is 2.43 bits per heavy atom. The van der Waals surface area contributed by atoms with E-state index in [2.05, 4.69) is 29.2 Å². The van der Waals surface area contributed by atoms with Crippen LogP contribution in [0, 0.1) is 5.92 Å². The van der Waals surface area contributed by atoms with Crippen molar-refractivity contribution in [3.63, 3.8) is 0 Å². The molecule has 5 nitrogen and oxygen atoms in total. The number of amides is 1. The number of hydrogen-bond donors (Lipinski definition) is 1. The highest BCUT2D eigenvalue weighted by Crippen LogP contribution is 2.16. The summed E-state index contributed by atoms with van der Waals surface area (Å²) in [5, 5.41) is 0. The van der Waals surface area contributed by atoms with Crippen LogP contribution in [0.5, 0.6) is 0 Å². The Balaban J connectivity index is 1.99. The van der Waals surface area contributed by atoms with E-state index in [1.807, 2.05) is 19.0 Å². The van der Waals surface area contributed by atoms with E-state index in [4.69, 9.17) is 10.5 Å². The van der Waals surface area contributed by atoms with Crippen molar-refractivity contribution >= 4 is 11.6 Å². The molecule has 0 aliphatic carbocycles. The summed E-state index contributed by atoms with van der Waals surface area (Å²) in [5.41, 5.74) is 8.13. The first-order valence-corrected chi connectivity index (χ1v) is 7.44. The molecule has 116 valence electrons. The summed E-state index contributed by atoms with van der Waals surface area (Å²) in [7, 11) is 4.03. The summed E-state index contributed by atoms with van der Waals surface area (Å²) in [4.78, 5) is 16.4. The Kier molecular flexibility index (Phi) is 5.59. The first-order valence-electron chi connectivity index (χ1n) is 7.44. The summed E-state index contributed by atoms with van der Waals surface area (Å²) in [6.45, 7) is 2.98. The van der Waals surface area contributed by atoms with Gasteiger partial charge < -0.3 is 20.3 Å². The van der Waals surface area contributed by atoms with Gasteiger partial charge in [0.05, 0.1) is 19.1 Å². The van der Waals surface area contributed by atoms with Crippen molar-refractivity contribution in [2.45, 2.75) is 6.42 Å². The molecule has 1 unspecified atom stereocenters. The molecule has 21 heavy (non-hydrogen) atoms. The lowest BCUT2D eigenvalue weighted by molar-refractivity contribution is -0.139. The molecule has 1 aliphatic heterocycles. The highest BCUT2D eigenvalue weighted by atomic mass is 16.5. The van der Waals surface area contributed by atoms with Crippen molar-refractivity contribution < 1.29 is 9.53 Å². The Morgan fingerprint density at radius 2 is 1.90 bits per heavy atom. The molecule has 5 heteroatoms. The van der Waals surface area contributed by atoms with Crippen LogP contribution in [0.25, 0.3) is 0 Å². The summed E-state index contributed by atoms with van der Waals surface area (Å²) in [6.07, 6.45) is 0.695. The number of nitrogens with zero attached hydrogens (tertiary/aromatic N) is 2. The van der Waals surface area contributed by atoms with Crippen molar-refractivity contribution in [1.82, 2.24) is 4.90 Å². The van der Waals surface area contributed by atoms with Crippen LogP contribution in [0.1, 0.15) is 5.56 Å². The largest absolute Gasteiger partial charge is 0.378 e. The molecule has 1 saturated heterocycles. The molecule has 1 aromatic rings. The van der Waals surface area contributed by atoms with Crippen molar-refractivity contribution in [1.29, 1.82) is 0 Å². The summed E-state index contributed by atoms with van der Waals surface area (Å²) < 4.78 is 5.29. The Bertz CT molecular complexity index is 453. The van der Waals surface area contributed by atoms with Crippen LogP contribution in [-0.2, 0) is 16.0 Å². The molecule has 1 heterocycles. The number of rotatable bonds is 5. The second-order valence-electron chi connectivity index (χ2n) is 5.64. The molecular formula is C16H25N3O2. The lowest BCUT2D eigenvalue weighted by Gasteiger charge is -2.30. The average molecular weight is 291 g/mol. The van der Waals surface area contributed by atoms with Gasteiger partial charge in [-0.25, -0.2) is 0 Å². The predicted octanol–water partition coefficient (Wildman–Crippen LogP) is 0.729. The number of hydrogen-bond acceptors (Lipinski definition) is 4. The second-order valence-corrected chi connectivity index (χ2v) is 5.64. The van der Waals surface area contributed by atoms with Gasteiger partial charge in [0.25, 0.3) is 0 Å². The number of morpholine rings is 1. The molecule has 2 rings (SSSR count). The highest BCUT2D eigenvalue weighted by molar-refractivity contribution is 5.79. The molecule has 0 aromatic heterocycles. The molecule has 0 saturated carbocycles. The van der Waals surface area contributed by atoms with Gasteiger partial charge in [-0.2, -0.15) is 0 Å². The van der Waals surface area contributed by atoms with Gasteiger partial charge in [-0.1, -0.05) is 12.1 Å². The number of benzene rings is 1. The number of carbonyl (C=O) groups excluding carboxylic acids is 1. The van der Waals surface area contributed by atoms with E-state index in [0.29, 0.717) is 39.3 Å². The zero-order valence-electron chi connectivity index (χ0n) is 12.9. The highest BCUT2D eigenvalue weighted by Gasteiger charge is 2.24. The average Bonchev–Trinajstić information content (AvgIpc) is 2.53. The van der Waals surface area contributed by atoms with Crippen molar-refractivity contribution in [3.05, 3.63) is 29.8 Å². The number of nitrogens with two attached hydrogens (primary N) is 1. The van der Waals surface area contributed by atoms with Gasteiger partial charge in [-0.3, -0.25) is 4.79 Å². The monoisotopic (exact) mass is 291 g/mol. The maximum absolute atomic E-state index is 12.5. The standard InChI is InChI=1S/C16H25N3O2/c1-18(2)15-5-3-13(4-6-15)11-14(12-17)16(20)19-7-9-21-10-8-19/h3-6,14H,7-12,17H2,1-2H3. The van der Waals surface area contributed by atoms with E-state index in [-0.39, 0.29) is 11.8 Å². The number of ether oxygens (including phenoxy) is 1. The number of carbonyl (C=O) groups is 1. The molecule has 0 spiro atoms. The van der Waals surface area contributed by atoms with Gasteiger partial charge >= 0.3 is 0 Å². The third-order valence-corrected chi connectivity index (χ3v) is 3.89. The fourth-order valence-corrected chi connectivity index (χ4v) is 2.53. The third kappa shape index (κ3) is 4.19. The minimum Gasteiger partial charge on any atom is -0.378 e. The molecule has 1 fully saturated rings. The van der Waals surface area contributed by atoms with E-state index < -0.39 is 0 Å². The van der Waals surface area contributed by atoms with Crippen LogP contribution in [0.3, 0.4) is 0 Å². The molecular weight excluding hydrogens is 266 g/mol. The van der Waals surface area contributed by atoms with Crippen molar-refractivity contribution in [2.24, 2.45) is 11.7 Å². The fourth-order valence-electron chi connectivity index (χ4n) is 2.53. The van der Waals surface area contributed by atoms with Crippen LogP contribution < -0.4 is 10.6 Å². The van der Waals surface area contributed by atoms with Crippen LogP contribution in [-0.4, -0.2) is 57.8 Å². The third-order valence-electron chi connectivity index (χ3n) is 3.89. The minimum absolute atomic E-state index is 0.145. The topological polar surface area (TPSA) is 58.8 Å². The minimum atomic E-state index is -0.145. The van der Waals surface area contributed by atoms with Crippen LogP contribution >= 0.6 is 0 Å². The molecule has 1 aliphatic rings. The Morgan fingerprint density at radius 1 is 1.29 bits per heavy atom. The number of anilines is 1. The summed E-state index contributed by atoms with van der Waals surface area (Å²) >= 11 is 0. The molecule has 1 aromatic carbocycles. The van der Waals surface area contributed by atoms with Gasteiger partial charge in [0, 0.05) is 39.4 Å². The van der Waals surface area contributed by atoms with Gasteiger partial charge in [-0.05, 0) is 24.1 Å². The van der Waals surface area contributed by atoms with Gasteiger partial charge in [0.15, 0.2) is 0 Å². The summed E-state index contributed by atoms with van der Waals surface area (Å²) in [6, 6.07) is 8.29. The maximum atomic E-state index is 12.5. The van der Waals surface area contributed by atoms with Crippen LogP contribution in [0.2, 0.25) is 0 Å². The lowest BCUT2D eigenvalue weighted by atomic mass is 9.97. The predicted molar refractivity (Wildman–Crippen MR) is 84.4 cm³/mol. The first kappa shape index (κ1) is 15.8. The van der Waals surface area contributed by atoms with E-state index >= 15 is 0 Å². The molecule has 1 amide bonds. The van der Waals surface area contributed by atoms with E-state index in [1.165, 1.54) is 0 Å². The van der Waals surface area contributed by atoms with E-state index in [9.17, 15) is 4.79 Å². The fraction of sp³-hybridized carbons (Fsp3) is 0.562.